The number of methoxy groups -OCH3 is 1. The fourth-order valence-corrected chi connectivity index (χ4v) is 4.57. The Morgan fingerprint density at radius 1 is 1.18 bits per heavy atom. The molecule has 0 saturated carbocycles. The molecule has 148 valence electrons. The number of fused-ring (bicyclic) bond motifs is 1. The van der Waals surface area contributed by atoms with Crippen LogP contribution in [0.25, 0.3) is 22.2 Å². The molecule has 1 aromatic carbocycles. The SMILES string of the molecule is CCN1CCC(c2ccc3[nH]c(-c4ccnc(OC)c4)c(C(C)C)c3c2)CC1. The monoisotopic (exact) mass is 377 g/mol. The minimum atomic E-state index is 0.431. The molecule has 1 aliphatic rings. The molecule has 0 spiro atoms. The van der Waals surface area contributed by atoms with Crippen LogP contribution in [0.5, 0.6) is 5.88 Å². The summed E-state index contributed by atoms with van der Waals surface area (Å²) < 4.78 is 5.34. The van der Waals surface area contributed by atoms with Gasteiger partial charge in [0.15, 0.2) is 0 Å². The van der Waals surface area contributed by atoms with Crippen molar-refractivity contribution in [1.82, 2.24) is 14.9 Å². The first-order valence-corrected chi connectivity index (χ1v) is 10.5. The third kappa shape index (κ3) is 3.53. The summed E-state index contributed by atoms with van der Waals surface area (Å²) in [6, 6.07) is 11.1. The van der Waals surface area contributed by atoms with Crippen LogP contribution in [0, 0.1) is 0 Å². The summed E-state index contributed by atoms with van der Waals surface area (Å²) in [5, 5.41) is 1.36. The maximum Gasteiger partial charge on any atom is 0.213 e. The molecule has 2 aromatic heterocycles. The maximum absolute atomic E-state index is 5.34. The lowest BCUT2D eigenvalue weighted by Crippen LogP contribution is -2.32. The summed E-state index contributed by atoms with van der Waals surface area (Å²) >= 11 is 0. The van der Waals surface area contributed by atoms with Crippen molar-refractivity contribution in [1.29, 1.82) is 0 Å². The van der Waals surface area contributed by atoms with Gasteiger partial charge in [0, 0.05) is 28.7 Å². The van der Waals surface area contributed by atoms with Gasteiger partial charge in [0.1, 0.15) is 0 Å². The van der Waals surface area contributed by atoms with E-state index < -0.39 is 0 Å². The number of H-pyrrole nitrogens is 1. The summed E-state index contributed by atoms with van der Waals surface area (Å²) in [7, 11) is 1.66. The number of aromatic nitrogens is 2. The third-order valence-corrected chi connectivity index (χ3v) is 6.18. The molecule has 1 N–H and O–H groups in total. The molecule has 4 rings (SSSR count). The second-order valence-corrected chi connectivity index (χ2v) is 8.17. The normalized spacial score (nSPS) is 16.2. The Bertz CT molecular complexity index is 952. The Morgan fingerprint density at radius 3 is 2.64 bits per heavy atom. The smallest absolute Gasteiger partial charge is 0.213 e. The average molecular weight is 378 g/mol. The second-order valence-electron chi connectivity index (χ2n) is 8.17. The zero-order chi connectivity index (χ0) is 19.7. The standard InChI is InChI=1S/C24H31N3O/c1-5-27-12-9-17(10-13-27)18-6-7-21-20(14-18)23(16(2)3)24(26-21)19-8-11-25-22(15-19)28-4/h6-8,11,14-17,26H,5,9-10,12-13H2,1-4H3. The van der Waals surface area contributed by atoms with E-state index in [4.69, 9.17) is 4.74 Å². The van der Waals surface area contributed by atoms with E-state index in [1.165, 1.54) is 60.2 Å². The summed E-state index contributed by atoms with van der Waals surface area (Å²) in [4.78, 5) is 10.5. The summed E-state index contributed by atoms with van der Waals surface area (Å²) in [6.07, 6.45) is 4.33. The molecule has 3 heterocycles. The number of pyridine rings is 1. The minimum absolute atomic E-state index is 0.431. The number of nitrogens with one attached hydrogen (secondary N) is 1. The van der Waals surface area contributed by atoms with Gasteiger partial charge in [-0.3, -0.25) is 0 Å². The van der Waals surface area contributed by atoms with Crippen LogP contribution in [-0.4, -0.2) is 41.6 Å². The molecule has 28 heavy (non-hydrogen) atoms. The first kappa shape index (κ1) is 19.0. The highest BCUT2D eigenvalue weighted by Crippen LogP contribution is 2.38. The Balaban J connectivity index is 1.75. The van der Waals surface area contributed by atoms with Crippen LogP contribution >= 0.6 is 0 Å². The lowest BCUT2D eigenvalue weighted by molar-refractivity contribution is 0.222. The van der Waals surface area contributed by atoms with Crippen molar-refractivity contribution in [3.63, 3.8) is 0 Å². The van der Waals surface area contributed by atoms with Gasteiger partial charge in [-0.15, -0.1) is 0 Å². The van der Waals surface area contributed by atoms with Crippen LogP contribution in [0.3, 0.4) is 0 Å². The summed E-state index contributed by atoms with van der Waals surface area (Å²) in [5.41, 5.74) is 6.40. The van der Waals surface area contributed by atoms with E-state index in [-0.39, 0.29) is 0 Å². The number of nitrogens with zero attached hydrogens (tertiary/aromatic N) is 2. The molecule has 0 atom stereocenters. The van der Waals surface area contributed by atoms with Crippen molar-refractivity contribution < 1.29 is 4.74 Å². The maximum atomic E-state index is 5.34. The van der Waals surface area contributed by atoms with Crippen LogP contribution < -0.4 is 4.74 Å². The molecular weight excluding hydrogens is 346 g/mol. The lowest BCUT2D eigenvalue weighted by atomic mass is 9.87. The first-order valence-electron chi connectivity index (χ1n) is 10.5. The number of rotatable bonds is 5. The minimum Gasteiger partial charge on any atom is -0.481 e. The molecule has 0 bridgehead atoms. The van der Waals surface area contributed by atoms with Crippen LogP contribution in [-0.2, 0) is 0 Å². The van der Waals surface area contributed by atoms with E-state index in [2.05, 4.69) is 59.9 Å². The Hall–Kier alpha value is -2.33. The van der Waals surface area contributed by atoms with Crippen LogP contribution in [0.2, 0.25) is 0 Å². The number of piperidine rings is 1. The van der Waals surface area contributed by atoms with E-state index in [1.807, 2.05) is 12.3 Å². The highest BCUT2D eigenvalue weighted by Gasteiger charge is 2.22. The zero-order valence-corrected chi connectivity index (χ0v) is 17.5. The predicted octanol–water partition coefficient (Wildman–Crippen LogP) is 5.56. The van der Waals surface area contributed by atoms with Gasteiger partial charge in [-0.25, -0.2) is 4.98 Å². The topological polar surface area (TPSA) is 41.2 Å². The van der Waals surface area contributed by atoms with Gasteiger partial charge in [-0.2, -0.15) is 0 Å². The molecule has 0 aliphatic carbocycles. The molecular formula is C24H31N3O. The fraction of sp³-hybridized carbons (Fsp3) is 0.458. The number of hydrogen-bond acceptors (Lipinski definition) is 3. The highest BCUT2D eigenvalue weighted by molar-refractivity contribution is 5.92. The van der Waals surface area contributed by atoms with Crippen molar-refractivity contribution in [2.75, 3.05) is 26.7 Å². The van der Waals surface area contributed by atoms with Crippen LogP contribution in [0.4, 0.5) is 0 Å². The van der Waals surface area contributed by atoms with Gasteiger partial charge in [-0.05, 0) is 73.6 Å². The van der Waals surface area contributed by atoms with E-state index in [9.17, 15) is 0 Å². The van der Waals surface area contributed by atoms with E-state index in [1.54, 1.807) is 7.11 Å². The molecule has 1 aliphatic heterocycles. The van der Waals surface area contributed by atoms with Gasteiger partial charge < -0.3 is 14.6 Å². The van der Waals surface area contributed by atoms with Gasteiger partial charge in [0.05, 0.1) is 12.8 Å². The molecule has 0 unspecified atom stereocenters. The molecule has 4 nitrogen and oxygen atoms in total. The molecule has 3 aromatic rings. The third-order valence-electron chi connectivity index (χ3n) is 6.18. The second kappa shape index (κ2) is 7.96. The van der Waals surface area contributed by atoms with E-state index in [0.29, 0.717) is 17.7 Å². The highest BCUT2D eigenvalue weighted by atomic mass is 16.5. The number of hydrogen-bond donors (Lipinski definition) is 1. The van der Waals surface area contributed by atoms with Crippen molar-refractivity contribution in [3.8, 4) is 17.1 Å². The largest absolute Gasteiger partial charge is 0.481 e. The first-order chi connectivity index (χ1) is 13.6. The molecule has 0 radical (unpaired) electrons. The van der Waals surface area contributed by atoms with E-state index >= 15 is 0 Å². The van der Waals surface area contributed by atoms with Crippen LogP contribution in [0.1, 0.15) is 56.6 Å². The molecule has 4 heteroatoms. The average Bonchev–Trinajstić information content (AvgIpc) is 3.13. The van der Waals surface area contributed by atoms with Gasteiger partial charge in [0.25, 0.3) is 0 Å². The zero-order valence-electron chi connectivity index (χ0n) is 17.5. The van der Waals surface area contributed by atoms with Crippen molar-refractivity contribution in [2.45, 2.75) is 45.4 Å². The Kier molecular flexibility index (Phi) is 5.40. The Morgan fingerprint density at radius 2 is 1.96 bits per heavy atom. The lowest BCUT2D eigenvalue weighted by Gasteiger charge is -2.31. The number of aromatic amines is 1. The molecule has 0 amide bonds. The Labute approximate surface area is 167 Å². The quantitative estimate of drug-likeness (QED) is 0.633. The molecule has 1 fully saturated rings. The van der Waals surface area contributed by atoms with Gasteiger partial charge >= 0.3 is 0 Å². The van der Waals surface area contributed by atoms with Gasteiger partial charge in [-0.1, -0.05) is 26.8 Å². The number of ether oxygens (including phenoxy) is 1. The fourth-order valence-electron chi connectivity index (χ4n) is 4.57. The summed E-state index contributed by atoms with van der Waals surface area (Å²) in [5.74, 6) is 1.75. The van der Waals surface area contributed by atoms with Crippen molar-refractivity contribution in [3.05, 3.63) is 47.7 Å². The van der Waals surface area contributed by atoms with Gasteiger partial charge in [0.2, 0.25) is 5.88 Å². The van der Waals surface area contributed by atoms with Crippen molar-refractivity contribution in [2.24, 2.45) is 0 Å². The molecule has 1 saturated heterocycles. The number of benzene rings is 1. The predicted molar refractivity (Wildman–Crippen MR) is 116 cm³/mol. The summed E-state index contributed by atoms with van der Waals surface area (Å²) in [6.45, 7) is 10.4. The van der Waals surface area contributed by atoms with Crippen LogP contribution in [0.15, 0.2) is 36.5 Å². The van der Waals surface area contributed by atoms with Crippen molar-refractivity contribution >= 4 is 10.9 Å². The van der Waals surface area contributed by atoms with E-state index in [0.717, 1.165) is 5.56 Å². The number of likely N-dealkylation sites (tertiary alicyclic amines) is 1.